The Balaban J connectivity index is 2.58. The van der Waals surface area contributed by atoms with Crippen LogP contribution in [-0.4, -0.2) is 5.78 Å². The predicted octanol–water partition coefficient (Wildman–Crippen LogP) is 5.17. The third kappa shape index (κ3) is 2.67. The first-order valence-electron chi connectivity index (χ1n) is 5.46. The molecular weight excluding hydrogens is 401 g/mol. The molecule has 0 saturated carbocycles. The van der Waals surface area contributed by atoms with E-state index >= 15 is 0 Å². The van der Waals surface area contributed by atoms with Gasteiger partial charge in [-0.25, -0.2) is 13.2 Å². The van der Waals surface area contributed by atoms with Gasteiger partial charge in [0.15, 0.2) is 23.2 Å². The largest absolute Gasteiger partial charge is 0.288 e. The van der Waals surface area contributed by atoms with Gasteiger partial charge in [-0.15, -0.1) is 0 Å². The van der Waals surface area contributed by atoms with Crippen LogP contribution in [0.1, 0.15) is 21.5 Å². The Labute approximate surface area is 130 Å². The Hall–Kier alpha value is -1.14. The number of carbonyl (C=O) groups excluding carboxylic acids is 1. The summed E-state index contributed by atoms with van der Waals surface area (Å²) in [5, 5.41) is 0. The molecule has 0 fully saturated rings. The van der Waals surface area contributed by atoms with Crippen molar-refractivity contribution in [2.45, 2.75) is 6.92 Å². The van der Waals surface area contributed by atoms with Gasteiger partial charge >= 0.3 is 0 Å². The summed E-state index contributed by atoms with van der Waals surface area (Å²) in [5.74, 6) is -5.20. The van der Waals surface area contributed by atoms with E-state index in [1.165, 1.54) is 6.07 Å². The van der Waals surface area contributed by atoms with Crippen molar-refractivity contribution in [1.82, 2.24) is 0 Å². The summed E-state index contributed by atoms with van der Waals surface area (Å²) >= 11 is 6.47. The molecule has 0 atom stereocenters. The number of benzene rings is 2. The number of halogens is 5. The van der Waals surface area contributed by atoms with Crippen molar-refractivity contribution in [3.8, 4) is 0 Å². The molecule has 104 valence electrons. The minimum atomic E-state index is -1.65. The molecular formula is C14H7Br2F3O. The van der Waals surface area contributed by atoms with Crippen molar-refractivity contribution in [3.05, 3.63) is 67.4 Å². The van der Waals surface area contributed by atoms with E-state index in [2.05, 4.69) is 31.9 Å². The highest BCUT2D eigenvalue weighted by Crippen LogP contribution is 2.28. The zero-order valence-electron chi connectivity index (χ0n) is 10.1. The lowest BCUT2D eigenvalue weighted by molar-refractivity contribution is 0.103. The molecule has 0 radical (unpaired) electrons. The second-order valence-corrected chi connectivity index (χ2v) is 5.84. The summed E-state index contributed by atoms with van der Waals surface area (Å²) in [5.41, 5.74) is 0.520. The normalized spacial score (nSPS) is 10.7. The van der Waals surface area contributed by atoms with Crippen LogP contribution in [0.15, 0.2) is 33.2 Å². The third-order valence-corrected chi connectivity index (χ3v) is 4.28. The lowest BCUT2D eigenvalue weighted by Crippen LogP contribution is -2.08. The number of ketones is 1. The van der Waals surface area contributed by atoms with E-state index in [-0.39, 0.29) is 5.56 Å². The van der Waals surface area contributed by atoms with E-state index in [4.69, 9.17) is 0 Å². The van der Waals surface area contributed by atoms with Crippen LogP contribution in [0.5, 0.6) is 0 Å². The average Bonchev–Trinajstić information content (AvgIpc) is 2.40. The zero-order chi connectivity index (χ0) is 15.0. The first-order valence-corrected chi connectivity index (χ1v) is 7.05. The third-order valence-electron chi connectivity index (χ3n) is 2.77. The number of carbonyl (C=O) groups is 1. The molecule has 2 aromatic rings. The molecule has 0 aliphatic heterocycles. The minimum Gasteiger partial charge on any atom is -0.288 e. The molecule has 0 aliphatic carbocycles. The van der Waals surface area contributed by atoms with Crippen LogP contribution in [0, 0.1) is 24.4 Å². The fourth-order valence-electron chi connectivity index (χ4n) is 1.67. The maximum Gasteiger partial charge on any atom is 0.197 e. The van der Waals surface area contributed by atoms with Crippen molar-refractivity contribution in [2.75, 3.05) is 0 Å². The summed E-state index contributed by atoms with van der Waals surface area (Å²) in [6.45, 7) is 1.82. The van der Waals surface area contributed by atoms with Gasteiger partial charge in [0.25, 0.3) is 0 Å². The quantitative estimate of drug-likeness (QED) is 0.495. The van der Waals surface area contributed by atoms with Crippen molar-refractivity contribution >= 4 is 37.6 Å². The Kier molecular flexibility index (Phi) is 4.34. The summed E-state index contributed by atoms with van der Waals surface area (Å²) in [6.07, 6.45) is 0. The summed E-state index contributed by atoms with van der Waals surface area (Å²) in [7, 11) is 0. The maximum absolute atomic E-state index is 13.6. The number of rotatable bonds is 2. The van der Waals surface area contributed by atoms with Crippen LogP contribution in [-0.2, 0) is 0 Å². The highest BCUT2D eigenvalue weighted by Gasteiger charge is 2.22. The Morgan fingerprint density at radius 3 is 2.25 bits per heavy atom. The van der Waals surface area contributed by atoms with Gasteiger partial charge < -0.3 is 0 Å². The summed E-state index contributed by atoms with van der Waals surface area (Å²) < 4.78 is 40.8. The number of hydrogen-bond acceptors (Lipinski definition) is 1. The standard InChI is InChI=1S/C14H7Br2F3O/c1-6-4-10(16)8(5-9(6)15)14(20)7-2-3-11(17)13(19)12(7)18/h2-5H,1H3. The van der Waals surface area contributed by atoms with E-state index in [9.17, 15) is 18.0 Å². The molecule has 6 heteroatoms. The van der Waals surface area contributed by atoms with Crippen molar-refractivity contribution in [2.24, 2.45) is 0 Å². The second kappa shape index (κ2) is 5.69. The predicted molar refractivity (Wildman–Crippen MR) is 76.3 cm³/mol. The smallest absolute Gasteiger partial charge is 0.197 e. The number of hydrogen-bond donors (Lipinski definition) is 0. The van der Waals surface area contributed by atoms with E-state index < -0.39 is 28.8 Å². The van der Waals surface area contributed by atoms with Crippen LogP contribution in [0.25, 0.3) is 0 Å². The average molecular weight is 408 g/mol. The Morgan fingerprint density at radius 1 is 0.950 bits per heavy atom. The molecule has 0 saturated heterocycles. The molecule has 1 nitrogen and oxygen atoms in total. The van der Waals surface area contributed by atoms with Crippen LogP contribution in [0.4, 0.5) is 13.2 Å². The molecule has 0 amide bonds. The molecule has 0 aliphatic rings. The van der Waals surface area contributed by atoms with Crippen LogP contribution in [0.3, 0.4) is 0 Å². The second-order valence-electron chi connectivity index (χ2n) is 4.13. The SMILES string of the molecule is Cc1cc(Br)c(C(=O)c2ccc(F)c(F)c2F)cc1Br. The van der Waals surface area contributed by atoms with Gasteiger partial charge in [0.1, 0.15) is 0 Å². The van der Waals surface area contributed by atoms with Gasteiger partial charge in [-0.1, -0.05) is 31.9 Å². The lowest BCUT2D eigenvalue weighted by Gasteiger charge is -2.08. The van der Waals surface area contributed by atoms with Crippen LogP contribution in [0.2, 0.25) is 0 Å². The monoisotopic (exact) mass is 406 g/mol. The topological polar surface area (TPSA) is 17.1 Å². The maximum atomic E-state index is 13.6. The van der Waals surface area contributed by atoms with E-state index in [0.717, 1.165) is 17.7 Å². The molecule has 0 spiro atoms. The molecule has 0 aromatic heterocycles. The van der Waals surface area contributed by atoms with Gasteiger partial charge in [-0.05, 0) is 36.8 Å². The molecule has 20 heavy (non-hydrogen) atoms. The summed E-state index contributed by atoms with van der Waals surface area (Å²) in [6, 6.07) is 4.83. The van der Waals surface area contributed by atoms with Crippen LogP contribution >= 0.6 is 31.9 Å². The highest BCUT2D eigenvalue weighted by atomic mass is 79.9. The Bertz CT molecular complexity index is 710. The fourth-order valence-corrected chi connectivity index (χ4v) is 2.65. The van der Waals surface area contributed by atoms with Gasteiger partial charge in [-0.2, -0.15) is 0 Å². The van der Waals surface area contributed by atoms with Crippen molar-refractivity contribution < 1.29 is 18.0 Å². The lowest BCUT2D eigenvalue weighted by atomic mass is 10.0. The van der Waals surface area contributed by atoms with E-state index in [1.807, 2.05) is 6.92 Å². The van der Waals surface area contributed by atoms with Crippen molar-refractivity contribution in [1.29, 1.82) is 0 Å². The summed E-state index contributed by atoms with van der Waals surface area (Å²) in [4.78, 5) is 12.2. The van der Waals surface area contributed by atoms with E-state index in [0.29, 0.717) is 8.95 Å². The Morgan fingerprint density at radius 2 is 1.60 bits per heavy atom. The molecule has 0 bridgehead atoms. The minimum absolute atomic E-state index is 0.160. The van der Waals surface area contributed by atoms with Gasteiger partial charge in [0.2, 0.25) is 0 Å². The van der Waals surface area contributed by atoms with Crippen molar-refractivity contribution in [3.63, 3.8) is 0 Å². The fraction of sp³-hybridized carbons (Fsp3) is 0.0714. The molecule has 2 aromatic carbocycles. The zero-order valence-corrected chi connectivity index (χ0v) is 13.3. The van der Waals surface area contributed by atoms with Gasteiger partial charge in [0, 0.05) is 14.5 Å². The first-order chi connectivity index (χ1) is 9.32. The molecule has 0 N–H and O–H groups in total. The van der Waals surface area contributed by atoms with E-state index in [1.54, 1.807) is 6.07 Å². The molecule has 0 heterocycles. The van der Waals surface area contributed by atoms with Crippen LogP contribution < -0.4 is 0 Å². The molecule has 2 rings (SSSR count). The van der Waals surface area contributed by atoms with Gasteiger partial charge in [0.05, 0.1) is 5.56 Å². The highest BCUT2D eigenvalue weighted by molar-refractivity contribution is 9.11. The number of aryl methyl sites for hydroxylation is 1. The van der Waals surface area contributed by atoms with Gasteiger partial charge in [-0.3, -0.25) is 4.79 Å². The molecule has 0 unspecified atom stereocenters. The first kappa shape index (κ1) is 15.3.